The molecule has 1 aromatic carbocycles. The largest absolute Gasteiger partial charge is 0.481 e. The predicted molar refractivity (Wildman–Crippen MR) is 106 cm³/mol. The molecule has 29 heavy (non-hydrogen) atoms. The minimum atomic E-state index is -0.959. The predicted octanol–water partition coefficient (Wildman–Crippen LogP) is 2.75. The minimum absolute atomic E-state index is 0.0375. The van der Waals surface area contributed by atoms with Gasteiger partial charge < -0.3 is 25.4 Å². The second-order valence-electron chi connectivity index (χ2n) is 7.14. The molecular formula is C20H31F2N3O4. The molecule has 0 saturated carbocycles. The highest BCUT2D eigenvalue weighted by atomic mass is 19.2. The third-order valence-electron chi connectivity index (χ3n) is 4.13. The van der Waals surface area contributed by atoms with Gasteiger partial charge in [0.2, 0.25) is 0 Å². The highest BCUT2D eigenvalue weighted by Gasteiger charge is 2.16. The zero-order valence-electron chi connectivity index (χ0n) is 17.0. The first-order valence-electron chi connectivity index (χ1n) is 9.71. The van der Waals surface area contributed by atoms with Crippen molar-refractivity contribution in [1.82, 2.24) is 15.5 Å². The number of ether oxygens (including phenoxy) is 1. The molecule has 0 bridgehead atoms. The molecule has 0 aliphatic heterocycles. The van der Waals surface area contributed by atoms with Gasteiger partial charge in [-0.15, -0.1) is 0 Å². The summed E-state index contributed by atoms with van der Waals surface area (Å²) in [4.78, 5) is 24.5. The normalized spacial score (nSPS) is 12.0. The van der Waals surface area contributed by atoms with E-state index in [-0.39, 0.29) is 24.6 Å². The smallest absolute Gasteiger partial charge is 0.315 e. The van der Waals surface area contributed by atoms with Crippen LogP contribution in [-0.2, 0) is 16.1 Å². The van der Waals surface area contributed by atoms with Gasteiger partial charge in [0.15, 0.2) is 11.6 Å². The quantitative estimate of drug-likeness (QED) is 0.407. The number of carboxylic acids is 1. The summed E-state index contributed by atoms with van der Waals surface area (Å²) < 4.78 is 31.9. The van der Waals surface area contributed by atoms with Crippen LogP contribution in [0, 0.1) is 11.6 Å². The van der Waals surface area contributed by atoms with Crippen molar-refractivity contribution in [3.8, 4) is 0 Å². The molecule has 0 aromatic heterocycles. The Morgan fingerprint density at radius 2 is 1.90 bits per heavy atom. The number of benzene rings is 1. The summed E-state index contributed by atoms with van der Waals surface area (Å²) in [6.07, 6.45) is 3.20. The molecule has 0 aliphatic rings. The number of halogens is 2. The van der Waals surface area contributed by atoms with Crippen molar-refractivity contribution in [3.05, 3.63) is 35.4 Å². The first-order chi connectivity index (χ1) is 13.8. The summed E-state index contributed by atoms with van der Waals surface area (Å²) in [6, 6.07) is 3.18. The molecule has 0 fully saturated rings. The fraction of sp³-hybridized carbons (Fsp3) is 0.600. The first-order valence-corrected chi connectivity index (χ1v) is 9.71. The molecule has 7 nitrogen and oxygen atoms in total. The van der Waals surface area contributed by atoms with Crippen molar-refractivity contribution in [3.63, 3.8) is 0 Å². The number of unbranched alkanes of at least 4 members (excludes halogenated alkanes) is 3. The van der Waals surface area contributed by atoms with Gasteiger partial charge in [0.1, 0.15) is 0 Å². The van der Waals surface area contributed by atoms with Gasteiger partial charge >= 0.3 is 12.0 Å². The van der Waals surface area contributed by atoms with E-state index in [0.29, 0.717) is 19.7 Å². The van der Waals surface area contributed by atoms with E-state index in [1.807, 2.05) is 19.0 Å². The number of likely N-dealkylation sites (N-methyl/N-ethyl adjacent to an activating group) is 1. The Hall–Kier alpha value is -2.26. The molecule has 0 aliphatic carbocycles. The number of urea groups is 1. The van der Waals surface area contributed by atoms with Crippen molar-refractivity contribution in [1.29, 1.82) is 0 Å². The van der Waals surface area contributed by atoms with E-state index < -0.39 is 23.6 Å². The molecule has 0 heterocycles. The molecule has 1 atom stereocenters. The Balaban J connectivity index is 2.07. The van der Waals surface area contributed by atoms with Crippen molar-refractivity contribution in [2.24, 2.45) is 0 Å². The number of hydrogen-bond acceptors (Lipinski definition) is 4. The molecule has 0 radical (unpaired) electrons. The van der Waals surface area contributed by atoms with Crippen molar-refractivity contribution in [2.75, 3.05) is 33.8 Å². The highest BCUT2D eigenvalue weighted by Crippen LogP contribution is 2.12. The average Bonchev–Trinajstić information content (AvgIpc) is 2.62. The Morgan fingerprint density at radius 1 is 1.17 bits per heavy atom. The third kappa shape index (κ3) is 11.4. The van der Waals surface area contributed by atoms with Crippen LogP contribution in [0.25, 0.3) is 0 Å². The molecule has 1 rings (SSSR count). The molecule has 0 spiro atoms. The van der Waals surface area contributed by atoms with Gasteiger partial charge in [0.25, 0.3) is 0 Å². The lowest BCUT2D eigenvalue weighted by molar-refractivity contribution is -0.137. The molecule has 0 saturated heterocycles. The van der Waals surface area contributed by atoms with Crippen LogP contribution in [0.5, 0.6) is 0 Å². The summed E-state index contributed by atoms with van der Waals surface area (Å²) >= 11 is 0. The number of aliphatic carboxylic acids is 1. The van der Waals surface area contributed by atoms with Gasteiger partial charge in [0.05, 0.1) is 19.1 Å². The fourth-order valence-electron chi connectivity index (χ4n) is 2.78. The fourth-order valence-corrected chi connectivity index (χ4v) is 2.78. The summed E-state index contributed by atoms with van der Waals surface area (Å²) in [6.45, 7) is 1.42. The average molecular weight is 415 g/mol. The Kier molecular flexibility index (Phi) is 11.8. The lowest BCUT2D eigenvalue weighted by Gasteiger charge is -2.21. The molecule has 2 amide bonds. The van der Waals surface area contributed by atoms with Crippen LogP contribution in [0.4, 0.5) is 13.6 Å². The van der Waals surface area contributed by atoms with Crippen LogP contribution in [0.15, 0.2) is 18.2 Å². The molecule has 164 valence electrons. The zero-order chi connectivity index (χ0) is 21.6. The third-order valence-corrected chi connectivity index (χ3v) is 4.13. The van der Waals surface area contributed by atoms with E-state index in [2.05, 4.69) is 10.6 Å². The van der Waals surface area contributed by atoms with Gasteiger partial charge in [-0.2, -0.15) is 0 Å². The van der Waals surface area contributed by atoms with Gasteiger partial charge in [-0.1, -0.05) is 25.0 Å². The number of amides is 2. The van der Waals surface area contributed by atoms with Crippen molar-refractivity contribution >= 4 is 12.0 Å². The van der Waals surface area contributed by atoms with Gasteiger partial charge in [-0.3, -0.25) is 4.79 Å². The molecule has 9 heteroatoms. The second kappa shape index (κ2) is 13.8. The van der Waals surface area contributed by atoms with Crippen LogP contribution in [0.3, 0.4) is 0 Å². The Labute approximate surface area is 170 Å². The maximum atomic E-state index is 13.5. The van der Waals surface area contributed by atoms with Crippen LogP contribution in [-0.4, -0.2) is 61.8 Å². The monoisotopic (exact) mass is 415 g/mol. The topological polar surface area (TPSA) is 90.9 Å². The molecule has 3 N–H and O–H groups in total. The van der Waals surface area contributed by atoms with E-state index in [1.165, 1.54) is 12.1 Å². The second-order valence-corrected chi connectivity index (χ2v) is 7.14. The van der Waals surface area contributed by atoms with E-state index >= 15 is 0 Å². The number of carboxylic acid groups (broad SMARTS) is 1. The van der Waals surface area contributed by atoms with Crippen LogP contribution >= 0.6 is 0 Å². The highest BCUT2D eigenvalue weighted by molar-refractivity contribution is 5.75. The van der Waals surface area contributed by atoms with Crippen molar-refractivity contribution in [2.45, 2.75) is 44.8 Å². The summed E-state index contributed by atoms with van der Waals surface area (Å²) in [7, 11) is 3.62. The zero-order valence-corrected chi connectivity index (χ0v) is 17.0. The molecule has 1 aromatic rings. The van der Waals surface area contributed by atoms with Crippen LogP contribution < -0.4 is 10.6 Å². The van der Waals surface area contributed by atoms with E-state index in [1.54, 1.807) is 0 Å². The van der Waals surface area contributed by atoms with Crippen LogP contribution in [0.1, 0.15) is 37.7 Å². The Morgan fingerprint density at radius 3 is 2.59 bits per heavy atom. The summed E-state index contributed by atoms with van der Waals surface area (Å²) in [5, 5.41) is 14.3. The molecular weight excluding hydrogens is 384 g/mol. The number of nitrogens with one attached hydrogen (secondary N) is 2. The Bertz CT molecular complexity index is 644. The SMILES string of the molecule is CN(C)C[C@@H](CC(=O)O)NC(=O)NCCCCCCOCc1cccc(F)c1F. The van der Waals surface area contributed by atoms with Gasteiger partial charge in [0, 0.05) is 25.3 Å². The number of rotatable bonds is 14. The minimum Gasteiger partial charge on any atom is -0.481 e. The maximum absolute atomic E-state index is 13.5. The summed E-state index contributed by atoms with van der Waals surface area (Å²) in [5.74, 6) is -2.70. The van der Waals surface area contributed by atoms with Crippen LogP contribution in [0.2, 0.25) is 0 Å². The van der Waals surface area contributed by atoms with E-state index in [9.17, 15) is 18.4 Å². The lowest BCUT2D eigenvalue weighted by Crippen LogP contribution is -2.47. The number of nitrogens with zero attached hydrogens (tertiary/aromatic N) is 1. The van der Waals surface area contributed by atoms with E-state index in [4.69, 9.17) is 9.84 Å². The molecule has 0 unspecified atom stereocenters. The van der Waals surface area contributed by atoms with Crippen molar-refractivity contribution < 1.29 is 28.2 Å². The first kappa shape index (κ1) is 24.8. The lowest BCUT2D eigenvalue weighted by atomic mass is 10.2. The number of carbonyl (C=O) groups excluding carboxylic acids is 1. The van der Waals surface area contributed by atoms with Gasteiger partial charge in [-0.25, -0.2) is 13.6 Å². The van der Waals surface area contributed by atoms with E-state index in [0.717, 1.165) is 31.7 Å². The summed E-state index contributed by atoms with van der Waals surface area (Å²) in [5.41, 5.74) is 0.204. The van der Waals surface area contributed by atoms with Gasteiger partial charge in [-0.05, 0) is 33.0 Å². The standard InChI is InChI=1S/C20H31F2N3O4/c1-25(2)13-16(12-18(26)27)24-20(28)23-10-5-3-4-6-11-29-14-15-8-7-9-17(21)19(15)22/h7-9,16H,3-6,10-14H2,1-2H3,(H,26,27)(H2,23,24,28)/t16-/m1/s1. The maximum Gasteiger partial charge on any atom is 0.315 e. The number of hydrogen-bond donors (Lipinski definition) is 3. The number of carbonyl (C=O) groups is 2.